The lowest BCUT2D eigenvalue weighted by Crippen LogP contribution is -2.28. The maximum absolute atomic E-state index is 11.1. The number of thiocarbonyl (C=S) groups is 1. The molecular formula is C9H19N3OS. The fraction of sp³-hybridized carbons (Fsp3) is 0.778. The normalized spacial score (nSPS) is 10.2. The van der Waals surface area contributed by atoms with Crippen LogP contribution in [-0.2, 0) is 4.79 Å². The van der Waals surface area contributed by atoms with Gasteiger partial charge in [0.05, 0.1) is 11.4 Å². The average molecular weight is 217 g/mol. The second-order valence-electron chi connectivity index (χ2n) is 3.50. The molecule has 4 nitrogen and oxygen atoms in total. The number of hydrogen-bond donors (Lipinski definition) is 2. The first-order valence-corrected chi connectivity index (χ1v) is 5.13. The molecule has 0 heterocycles. The molecule has 0 aliphatic heterocycles. The highest BCUT2D eigenvalue weighted by Crippen LogP contribution is 1.89. The molecule has 0 aliphatic carbocycles. The van der Waals surface area contributed by atoms with Gasteiger partial charge in [-0.25, -0.2) is 0 Å². The topological polar surface area (TPSA) is 58.4 Å². The van der Waals surface area contributed by atoms with E-state index in [4.69, 9.17) is 5.73 Å². The Morgan fingerprint density at radius 1 is 1.43 bits per heavy atom. The van der Waals surface area contributed by atoms with E-state index in [2.05, 4.69) is 22.4 Å². The third-order valence-electron chi connectivity index (χ3n) is 1.69. The highest BCUT2D eigenvalue weighted by Gasteiger charge is 2.01. The lowest BCUT2D eigenvalue weighted by molar-refractivity contribution is -0.119. The van der Waals surface area contributed by atoms with Crippen LogP contribution < -0.4 is 11.1 Å². The van der Waals surface area contributed by atoms with Gasteiger partial charge in [-0.1, -0.05) is 12.2 Å². The predicted octanol–water partition coefficient (Wildman–Crippen LogP) is 0.121. The smallest absolute Gasteiger partial charge is 0.226 e. The Kier molecular flexibility index (Phi) is 7.32. The molecule has 1 amide bonds. The van der Waals surface area contributed by atoms with E-state index in [1.165, 1.54) is 0 Å². The first-order chi connectivity index (χ1) is 6.52. The highest BCUT2D eigenvalue weighted by atomic mass is 32.1. The molecule has 0 aromatic rings. The molecule has 0 radical (unpaired) electrons. The predicted molar refractivity (Wildman–Crippen MR) is 62.2 cm³/mol. The Morgan fingerprint density at radius 2 is 2.07 bits per heavy atom. The van der Waals surface area contributed by atoms with Crippen LogP contribution >= 0.6 is 12.2 Å². The van der Waals surface area contributed by atoms with E-state index in [-0.39, 0.29) is 17.3 Å². The summed E-state index contributed by atoms with van der Waals surface area (Å²) in [6.45, 7) is 1.75. The van der Waals surface area contributed by atoms with Crippen molar-refractivity contribution in [2.45, 2.75) is 19.3 Å². The van der Waals surface area contributed by atoms with E-state index in [0.717, 1.165) is 19.4 Å². The Morgan fingerprint density at radius 3 is 2.57 bits per heavy atom. The Labute approximate surface area is 90.8 Å². The van der Waals surface area contributed by atoms with Gasteiger partial charge in [0.15, 0.2) is 0 Å². The van der Waals surface area contributed by atoms with Gasteiger partial charge >= 0.3 is 0 Å². The fourth-order valence-corrected chi connectivity index (χ4v) is 1.13. The summed E-state index contributed by atoms with van der Waals surface area (Å²) < 4.78 is 0. The number of nitrogens with two attached hydrogens (primary N) is 1. The number of nitrogens with one attached hydrogen (secondary N) is 1. The molecule has 0 spiro atoms. The molecule has 3 N–H and O–H groups in total. The van der Waals surface area contributed by atoms with Crippen LogP contribution in [0.3, 0.4) is 0 Å². The first kappa shape index (κ1) is 13.3. The Hall–Kier alpha value is -0.680. The molecule has 0 fully saturated rings. The maximum atomic E-state index is 11.1. The maximum Gasteiger partial charge on any atom is 0.226 e. The Bertz CT molecular complexity index is 194. The van der Waals surface area contributed by atoms with E-state index >= 15 is 0 Å². The molecule has 0 saturated heterocycles. The van der Waals surface area contributed by atoms with Crippen molar-refractivity contribution in [1.82, 2.24) is 10.2 Å². The summed E-state index contributed by atoms with van der Waals surface area (Å²) in [5.41, 5.74) is 5.23. The van der Waals surface area contributed by atoms with Crippen molar-refractivity contribution in [3.05, 3.63) is 0 Å². The number of unbranched alkanes of at least 4 members (excludes halogenated alkanes) is 1. The lowest BCUT2D eigenvalue weighted by Gasteiger charge is -2.09. The summed E-state index contributed by atoms with van der Waals surface area (Å²) in [6.07, 6.45) is 2.23. The molecule has 0 bridgehead atoms. The summed E-state index contributed by atoms with van der Waals surface area (Å²) in [4.78, 5) is 13.4. The Balaban J connectivity index is 3.27. The standard InChI is InChI=1S/C9H19N3OS/c1-12(2)6-4-3-5-11-9(13)7-8(10)14/h3-7H2,1-2H3,(H2,10,14)(H,11,13). The number of hydrogen-bond acceptors (Lipinski definition) is 3. The average Bonchev–Trinajstić information content (AvgIpc) is 2.01. The number of rotatable bonds is 7. The quantitative estimate of drug-likeness (QED) is 0.470. The summed E-state index contributed by atoms with van der Waals surface area (Å²) in [6, 6.07) is 0. The molecule has 5 heteroatoms. The van der Waals surface area contributed by atoms with Crippen molar-refractivity contribution in [3.63, 3.8) is 0 Å². The second-order valence-corrected chi connectivity index (χ2v) is 4.03. The zero-order valence-electron chi connectivity index (χ0n) is 8.88. The summed E-state index contributed by atoms with van der Waals surface area (Å²) in [7, 11) is 4.07. The highest BCUT2D eigenvalue weighted by molar-refractivity contribution is 7.80. The molecule has 82 valence electrons. The summed E-state index contributed by atoms with van der Waals surface area (Å²) in [5, 5.41) is 2.76. The van der Waals surface area contributed by atoms with Crippen LogP contribution in [-0.4, -0.2) is 43.0 Å². The number of amides is 1. The van der Waals surface area contributed by atoms with E-state index in [0.29, 0.717) is 6.54 Å². The van der Waals surface area contributed by atoms with Crippen molar-refractivity contribution in [2.24, 2.45) is 5.73 Å². The van der Waals surface area contributed by atoms with Crippen LogP contribution in [0, 0.1) is 0 Å². The molecule has 0 saturated carbocycles. The molecule has 0 aromatic carbocycles. The van der Waals surface area contributed by atoms with Gasteiger partial charge in [0.1, 0.15) is 0 Å². The number of nitrogens with zero attached hydrogens (tertiary/aromatic N) is 1. The van der Waals surface area contributed by atoms with Gasteiger partial charge in [-0.3, -0.25) is 4.79 Å². The van der Waals surface area contributed by atoms with Crippen LogP contribution in [0.1, 0.15) is 19.3 Å². The first-order valence-electron chi connectivity index (χ1n) is 4.72. The van der Waals surface area contributed by atoms with E-state index in [9.17, 15) is 4.79 Å². The SMILES string of the molecule is CN(C)CCCCNC(=O)CC(N)=S. The van der Waals surface area contributed by atoms with Gasteiger partial charge in [0, 0.05) is 6.54 Å². The molecular weight excluding hydrogens is 198 g/mol. The fourth-order valence-electron chi connectivity index (χ4n) is 1.00. The van der Waals surface area contributed by atoms with Crippen LogP contribution in [0.4, 0.5) is 0 Å². The minimum absolute atomic E-state index is 0.0812. The lowest BCUT2D eigenvalue weighted by atomic mass is 10.3. The van der Waals surface area contributed by atoms with Crippen molar-refractivity contribution >= 4 is 23.1 Å². The molecule has 14 heavy (non-hydrogen) atoms. The van der Waals surface area contributed by atoms with Gasteiger partial charge in [0.25, 0.3) is 0 Å². The van der Waals surface area contributed by atoms with Gasteiger partial charge in [-0.15, -0.1) is 0 Å². The molecule has 0 aliphatic rings. The van der Waals surface area contributed by atoms with E-state index < -0.39 is 0 Å². The number of carbonyl (C=O) groups excluding carboxylic acids is 1. The second kappa shape index (κ2) is 7.70. The summed E-state index contributed by atoms with van der Waals surface area (Å²) in [5.74, 6) is -0.0812. The van der Waals surface area contributed by atoms with E-state index in [1.54, 1.807) is 0 Å². The van der Waals surface area contributed by atoms with Crippen LogP contribution in [0.15, 0.2) is 0 Å². The van der Waals surface area contributed by atoms with Crippen molar-refractivity contribution < 1.29 is 4.79 Å². The third kappa shape index (κ3) is 9.41. The zero-order valence-corrected chi connectivity index (χ0v) is 9.69. The molecule has 0 atom stereocenters. The third-order valence-corrected chi connectivity index (χ3v) is 1.83. The van der Waals surface area contributed by atoms with Crippen molar-refractivity contribution in [3.8, 4) is 0 Å². The van der Waals surface area contributed by atoms with Gasteiger partial charge in [-0.05, 0) is 33.5 Å². The van der Waals surface area contributed by atoms with Gasteiger partial charge in [0.2, 0.25) is 5.91 Å². The number of carbonyl (C=O) groups is 1. The molecule has 0 aromatic heterocycles. The van der Waals surface area contributed by atoms with E-state index in [1.807, 2.05) is 14.1 Å². The van der Waals surface area contributed by atoms with Crippen LogP contribution in [0.5, 0.6) is 0 Å². The van der Waals surface area contributed by atoms with Crippen LogP contribution in [0.2, 0.25) is 0 Å². The van der Waals surface area contributed by atoms with Crippen molar-refractivity contribution in [2.75, 3.05) is 27.2 Å². The largest absolute Gasteiger partial charge is 0.393 e. The zero-order chi connectivity index (χ0) is 11.0. The minimum Gasteiger partial charge on any atom is -0.393 e. The molecule has 0 unspecified atom stereocenters. The molecule has 0 rings (SSSR count). The monoisotopic (exact) mass is 217 g/mol. The van der Waals surface area contributed by atoms with Crippen LogP contribution in [0.25, 0.3) is 0 Å². The minimum atomic E-state index is -0.0812. The van der Waals surface area contributed by atoms with Crippen molar-refractivity contribution in [1.29, 1.82) is 0 Å². The van der Waals surface area contributed by atoms with Gasteiger partial charge in [-0.2, -0.15) is 0 Å². The van der Waals surface area contributed by atoms with Gasteiger partial charge < -0.3 is 16.0 Å². The summed E-state index contributed by atoms with van der Waals surface area (Å²) >= 11 is 4.62.